The van der Waals surface area contributed by atoms with Crippen molar-refractivity contribution in [3.05, 3.63) is 46.1 Å². The highest BCUT2D eigenvalue weighted by Crippen LogP contribution is 2.44. The number of halogens is 4. The third-order valence-electron chi connectivity index (χ3n) is 4.60. The van der Waals surface area contributed by atoms with E-state index in [1.165, 1.54) is 19.1 Å². The van der Waals surface area contributed by atoms with Gasteiger partial charge in [0.15, 0.2) is 11.5 Å². The zero-order chi connectivity index (χ0) is 24.8. The van der Waals surface area contributed by atoms with Gasteiger partial charge >= 0.3 is 12.1 Å². The zero-order valence-electron chi connectivity index (χ0n) is 17.2. The number of aromatic hydroxyl groups is 1. The number of rotatable bonds is 4. The summed E-state index contributed by atoms with van der Waals surface area (Å²) < 4.78 is 61.7. The largest absolute Gasteiger partial charge is 0.504 e. The predicted octanol–water partition coefficient (Wildman–Crippen LogP) is 3.24. The first-order chi connectivity index (χ1) is 16.0. The summed E-state index contributed by atoms with van der Waals surface area (Å²) in [4.78, 5) is 38.2. The Morgan fingerprint density at radius 1 is 1.18 bits per heavy atom. The molecule has 0 bridgehead atoms. The molecule has 176 valence electrons. The van der Waals surface area contributed by atoms with Gasteiger partial charge in [-0.15, -0.1) is 0 Å². The summed E-state index contributed by atoms with van der Waals surface area (Å²) in [6, 6.07) is 4.90. The number of alkyl halides is 3. The van der Waals surface area contributed by atoms with E-state index in [1.807, 2.05) is 0 Å². The number of benzene rings is 2. The average Bonchev–Trinajstić information content (AvgIpc) is 2.73. The summed E-state index contributed by atoms with van der Waals surface area (Å²) >= 11 is 0. The van der Waals surface area contributed by atoms with Crippen molar-refractivity contribution in [2.45, 2.75) is 13.1 Å². The molecular formula is C20H13F4N5O5. The molecule has 2 heterocycles. The molecule has 3 N–H and O–H groups in total. The van der Waals surface area contributed by atoms with E-state index in [0.29, 0.717) is 0 Å². The van der Waals surface area contributed by atoms with Crippen molar-refractivity contribution in [1.29, 1.82) is 0 Å². The highest BCUT2D eigenvalue weighted by Gasteiger charge is 2.42. The summed E-state index contributed by atoms with van der Waals surface area (Å²) in [6.45, 7) is 1.37. The topological polar surface area (TPSA) is 139 Å². The van der Waals surface area contributed by atoms with Gasteiger partial charge in [-0.1, -0.05) is 6.07 Å². The van der Waals surface area contributed by atoms with E-state index in [2.05, 4.69) is 30.0 Å². The number of para-hydroxylation sites is 1. The maximum absolute atomic E-state index is 14.1. The summed E-state index contributed by atoms with van der Waals surface area (Å²) in [5.74, 6) is -5.64. The fourth-order valence-electron chi connectivity index (χ4n) is 3.20. The van der Waals surface area contributed by atoms with Gasteiger partial charge in [0.2, 0.25) is 17.6 Å². The molecule has 0 aliphatic rings. The molecule has 0 atom stereocenters. The van der Waals surface area contributed by atoms with Crippen LogP contribution in [0.25, 0.3) is 21.8 Å². The first-order valence-corrected chi connectivity index (χ1v) is 9.32. The highest BCUT2D eigenvalue weighted by molar-refractivity contribution is 5.95. The molecule has 0 saturated heterocycles. The van der Waals surface area contributed by atoms with Crippen LogP contribution in [0.2, 0.25) is 0 Å². The molecular weight excluding hydrogens is 466 g/mol. The van der Waals surface area contributed by atoms with Crippen LogP contribution in [0.1, 0.15) is 5.69 Å². The number of carbonyl (C=O) groups excluding carboxylic acids is 1. The number of hydrogen-bond donors (Lipinski definition) is 3. The molecule has 0 saturated carbocycles. The first kappa shape index (κ1) is 22.7. The van der Waals surface area contributed by atoms with Gasteiger partial charge in [0, 0.05) is 6.07 Å². The van der Waals surface area contributed by atoms with Crippen LogP contribution in [0.5, 0.6) is 17.2 Å². The van der Waals surface area contributed by atoms with Crippen LogP contribution in [-0.2, 0) is 4.79 Å². The molecule has 4 aromatic rings. The van der Waals surface area contributed by atoms with Crippen LogP contribution in [0.3, 0.4) is 0 Å². The van der Waals surface area contributed by atoms with Crippen molar-refractivity contribution in [2.75, 3.05) is 12.4 Å². The van der Waals surface area contributed by atoms with E-state index in [0.717, 1.165) is 19.2 Å². The summed E-state index contributed by atoms with van der Waals surface area (Å²) in [6.07, 6.45) is -5.32. The Morgan fingerprint density at radius 2 is 1.91 bits per heavy atom. The minimum atomic E-state index is -5.32. The maximum Gasteiger partial charge on any atom is 0.491 e. The van der Waals surface area contributed by atoms with E-state index < -0.39 is 40.8 Å². The molecule has 0 spiro atoms. The van der Waals surface area contributed by atoms with Gasteiger partial charge in [-0.2, -0.15) is 13.2 Å². The monoisotopic (exact) mass is 479 g/mol. The van der Waals surface area contributed by atoms with Gasteiger partial charge in [0.25, 0.3) is 5.56 Å². The van der Waals surface area contributed by atoms with E-state index in [9.17, 15) is 32.3 Å². The quantitative estimate of drug-likeness (QED) is 0.229. The van der Waals surface area contributed by atoms with Gasteiger partial charge < -0.3 is 14.6 Å². The van der Waals surface area contributed by atoms with Crippen LogP contribution in [0.4, 0.5) is 29.5 Å². The van der Waals surface area contributed by atoms with Crippen LogP contribution in [-0.4, -0.2) is 44.3 Å². The number of esters is 1. The molecule has 2 aromatic heterocycles. The Hall–Kier alpha value is -4.49. The second kappa shape index (κ2) is 8.13. The van der Waals surface area contributed by atoms with Gasteiger partial charge in [0.1, 0.15) is 11.3 Å². The summed E-state index contributed by atoms with van der Waals surface area (Å²) in [5.41, 5.74) is -0.971. The minimum Gasteiger partial charge on any atom is -0.504 e. The Kier molecular flexibility index (Phi) is 5.43. The molecule has 14 heteroatoms. The molecule has 0 aliphatic heterocycles. The third-order valence-corrected chi connectivity index (χ3v) is 4.60. The number of ether oxygens (including phenoxy) is 2. The smallest absolute Gasteiger partial charge is 0.491 e. The number of fused-ring (bicyclic) bond motifs is 2. The average molecular weight is 479 g/mol. The molecule has 0 unspecified atom stereocenters. The lowest BCUT2D eigenvalue weighted by molar-refractivity contribution is -0.189. The number of phenols is 1. The molecule has 0 aliphatic carbocycles. The fraction of sp³-hybridized carbons (Fsp3) is 0.150. The molecule has 0 radical (unpaired) electrons. The molecule has 2 aromatic carbocycles. The van der Waals surface area contributed by atoms with Crippen LogP contribution < -0.4 is 20.3 Å². The first-order valence-electron chi connectivity index (χ1n) is 9.32. The third kappa shape index (κ3) is 4.00. The number of aromatic nitrogens is 4. The molecule has 0 fully saturated rings. The molecule has 0 amide bonds. The second-order valence-electron chi connectivity index (χ2n) is 6.85. The standard InChI is InChI=1S/C20H13F4N5O5/c1-7-12-10(6-11(30)14(33-2)15(12)34-17(32)20(22,23)24)26-18(25-7)29-19-27-13-8(16(31)28-19)4-3-5-9(13)21/h3-6,30H,1-2H3,(H2,25,26,27,28,29,31). The maximum atomic E-state index is 14.1. The molecule has 4 rings (SSSR count). The molecule has 10 nitrogen and oxygen atoms in total. The lowest BCUT2D eigenvalue weighted by Gasteiger charge is -2.16. The molecule has 34 heavy (non-hydrogen) atoms. The number of hydrogen-bond acceptors (Lipinski definition) is 9. The van der Waals surface area contributed by atoms with Gasteiger partial charge in [0.05, 0.1) is 29.1 Å². The van der Waals surface area contributed by atoms with Gasteiger partial charge in [-0.05, 0) is 19.1 Å². The summed E-state index contributed by atoms with van der Waals surface area (Å²) in [5, 5.41) is 12.6. The zero-order valence-corrected chi connectivity index (χ0v) is 17.2. The van der Waals surface area contributed by atoms with Crippen molar-refractivity contribution in [3.63, 3.8) is 0 Å². The Balaban J connectivity index is 1.83. The number of aromatic amines is 1. The summed E-state index contributed by atoms with van der Waals surface area (Å²) in [7, 11) is 1.05. The lowest BCUT2D eigenvalue weighted by Crippen LogP contribution is -2.28. The number of nitrogens with zero attached hydrogens (tertiary/aromatic N) is 3. The highest BCUT2D eigenvalue weighted by atomic mass is 19.4. The lowest BCUT2D eigenvalue weighted by atomic mass is 10.1. The van der Waals surface area contributed by atoms with E-state index in [1.54, 1.807) is 0 Å². The number of H-pyrrole nitrogens is 1. The van der Waals surface area contributed by atoms with Gasteiger partial charge in [-0.3, -0.25) is 15.1 Å². The van der Waals surface area contributed by atoms with Crippen LogP contribution >= 0.6 is 0 Å². The van der Waals surface area contributed by atoms with Crippen molar-refractivity contribution in [2.24, 2.45) is 0 Å². The SMILES string of the molecule is COc1c(O)cc2nc(Nc3nc4c(F)cccc4c(=O)[nH]3)nc(C)c2c1OC(=O)C(F)(F)F. The second-order valence-corrected chi connectivity index (χ2v) is 6.85. The predicted molar refractivity (Wildman–Crippen MR) is 110 cm³/mol. The minimum absolute atomic E-state index is 0.00861. The number of aryl methyl sites for hydroxylation is 1. The van der Waals surface area contributed by atoms with Crippen molar-refractivity contribution in [3.8, 4) is 17.2 Å². The Labute approximate surface area is 186 Å². The van der Waals surface area contributed by atoms with Crippen molar-refractivity contribution < 1.29 is 36.9 Å². The number of nitrogens with one attached hydrogen (secondary N) is 2. The number of methoxy groups -OCH3 is 1. The van der Waals surface area contributed by atoms with Crippen molar-refractivity contribution in [1.82, 2.24) is 19.9 Å². The number of carbonyl (C=O) groups is 1. The Morgan fingerprint density at radius 3 is 2.59 bits per heavy atom. The number of phenolic OH excluding ortho intramolecular Hbond substituents is 1. The van der Waals surface area contributed by atoms with Gasteiger partial charge in [-0.25, -0.2) is 24.1 Å². The fourth-order valence-corrected chi connectivity index (χ4v) is 3.20. The normalized spacial score (nSPS) is 11.6. The van der Waals surface area contributed by atoms with Crippen LogP contribution in [0, 0.1) is 12.7 Å². The van der Waals surface area contributed by atoms with E-state index >= 15 is 0 Å². The van der Waals surface area contributed by atoms with E-state index in [4.69, 9.17) is 4.74 Å². The van der Waals surface area contributed by atoms with Crippen LogP contribution in [0.15, 0.2) is 29.1 Å². The number of anilines is 2. The van der Waals surface area contributed by atoms with E-state index in [-0.39, 0.29) is 39.4 Å². The Bertz CT molecular complexity index is 1520. The van der Waals surface area contributed by atoms with Crippen molar-refractivity contribution >= 4 is 39.7 Å².